The van der Waals surface area contributed by atoms with Crippen LogP contribution < -0.4 is 10.1 Å². The number of carbonyl (C=O) groups is 1. The van der Waals surface area contributed by atoms with Gasteiger partial charge in [0.2, 0.25) is 6.20 Å². The van der Waals surface area contributed by atoms with Crippen molar-refractivity contribution in [2.45, 2.75) is 6.92 Å². The van der Waals surface area contributed by atoms with Crippen LogP contribution in [0.25, 0.3) is 6.08 Å². The Kier molecular flexibility index (Phi) is 4.87. The van der Waals surface area contributed by atoms with E-state index in [9.17, 15) is 14.9 Å². The number of rotatable bonds is 4. The number of ether oxygens (including phenoxy) is 1. The third-order valence-corrected chi connectivity index (χ3v) is 2.76. The molecule has 1 N–H and O–H groups in total. The second-order valence-corrected chi connectivity index (χ2v) is 4.55. The van der Waals surface area contributed by atoms with Crippen LogP contribution in [0.2, 0.25) is 0 Å². The monoisotopic (exact) mass is 298 g/mol. The lowest BCUT2D eigenvalue weighted by Crippen LogP contribution is -2.16. The molecule has 0 atom stereocenters. The third-order valence-electron chi connectivity index (χ3n) is 2.76. The fourth-order valence-corrected chi connectivity index (χ4v) is 1.72. The van der Waals surface area contributed by atoms with Crippen LogP contribution >= 0.6 is 0 Å². The standard InChI is InChI=1S/C16H14N2O4/c1-12-5-7-14(8-6-12)17-16(19)22-15-4-2-3-13(11-15)9-10-18(20)21/h2-11H,1H3,(H,17,19). The van der Waals surface area contributed by atoms with E-state index in [1.54, 1.807) is 30.3 Å². The lowest BCUT2D eigenvalue weighted by molar-refractivity contribution is -0.400. The minimum atomic E-state index is -0.626. The molecule has 22 heavy (non-hydrogen) atoms. The van der Waals surface area contributed by atoms with Crippen LogP contribution in [0, 0.1) is 17.0 Å². The molecular weight excluding hydrogens is 284 g/mol. The van der Waals surface area contributed by atoms with Gasteiger partial charge in [-0.1, -0.05) is 29.8 Å². The molecule has 2 rings (SSSR count). The van der Waals surface area contributed by atoms with E-state index in [-0.39, 0.29) is 0 Å². The van der Waals surface area contributed by atoms with Crippen molar-refractivity contribution < 1.29 is 14.5 Å². The quantitative estimate of drug-likeness (QED) is 0.686. The highest BCUT2D eigenvalue weighted by Crippen LogP contribution is 2.16. The summed E-state index contributed by atoms with van der Waals surface area (Å²) < 4.78 is 5.14. The molecule has 112 valence electrons. The summed E-state index contributed by atoms with van der Waals surface area (Å²) in [6, 6.07) is 13.7. The molecule has 0 saturated carbocycles. The fraction of sp³-hybridized carbons (Fsp3) is 0.0625. The van der Waals surface area contributed by atoms with Gasteiger partial charge >= 0.3 is 6.09 Å². The minimum absolute atomic E-state index is 0.301. The topological polar surface area (TPSA) is 81.5 Å². The molecule has 1 amide bonds. The van der Waals surface area contributed by atoms with Gasteiger partial charge < -0.3 is 4.74 Å². The molecule has 0 unspecified atom stereocenters. The van der Waals surface area contributed by atoms with Gasteiger partial charge in [-0.05, 0) is 36.8 Å². The smallest absolute Gasteiger partial charge is 0.410 e. The maximum Gasteiger partial charge on any atom is 0.417 e. The zero-order valence-corrected chi connectivity index (χ0v) is 11.9. The number of nitrogens with zero attached hydrogens (tertiary/aromatic N) is 1. The Bertz CT molecular complexity index is 708. The van der Waals surface area contributed by atoms with Gasteiger partial charge in [-0.2, -0.15) is 0 Å². The fourth-order valence-electron chi connectivity index (χ4n) is 1.72. The summed E-state index contributed by atoms with van der Waals surface area (Å²) in [6.45, 7) is 1.95. The maximum atomic E-state index is 11.8. The highest BCUT2D eigenvalue weighted by atomic mass is 16.6. The van der Waals surface area contributed by atoms with Crippen LogP contribution in [-0.2, 0) is 0 Å². The van der Waals surface area contributed by atoms with Crippen LogP contribution in [-0.4, -0.2) is 11.0 Å². The number of nitrogens with one attached hydrogen (secondary N) is 1. The van der Waals surface area contributed by atoms with Gasteiger partial charge in [0.25, 0.3) is 0 Å². The molecule has 0 aliphatic heterocycles. The number of amides is 1. The summed E-state index contributed by atoms with van der Waals surface area (Å²) in [7, 11) is 0. The number of benzene rings is 2. The van der Waals surface area contributed by atoms with Gasteiger partial charge in [-0.15, -0.1) is 0 Å². The summed E-state index contributed by atoms with van der Waals surface area (Å²) in [5.74, 6) is 0.301. The van der Waals surface area contributed by atoms with Crippen molar-refractivity contribution >= 4 is 17.9 Å². The first-order chi connectivity index (χ1) is 10.5. The van der Waals surface area contributed by atoms with Gasteiger partial charge in [-0.3, -0.25) is 15.4 Å². The van der Waals surface area contributed by atoms with Crippen molar-refractivity contribution in [1.82, 2.24) is 0 Å². The number of anilines is 1. The van der Waals surface area contributed by atoms with Crippen LogP contribution in [0.1, 0.15) is 11.1 Å². The highest BCUT2D eigenvalue weighted by Gasteiger charge is 2.05. The zero-order chi connectivity index (χ0) is 15.9. The lowest BCUT2D eigenvalue weighted by atomic mass is 10.2. The summed E-state index contributed by atoms with van der Waals surface area (Å²) in [4.78, 5) is 21.5. The number of aryl methyl sites for hydroxylation is 1. The normalized spacial score (nSPS) is 10.4. The van der Waals surface area contributed by atoms with Crippen LogP contribution in [0.5, 0.6) is 5.75 Å². The Morgan fingerprint density at radius 1 is 1.23 bits per heavy atom. The molecular formula is C16H14N2O4. The molecule has 6 heteroatoms. The van der Waals surface area contributed by atoms with E-state index < -0.39 is 11.0 Å². The predicted octanol–water partition coefficient (Wildman–Crippen LogP) is 3.85. The zero-order valence-electron chi connectivity index (χ0n) is 11.9. The molecule has 0 aliphatic rings. The van der Waals surface area contributed by atoms with E-state index in [4.69, 9.17) is 4.74 Å². The SMILES string of the molecule is Cc1ccc(NC(=O)Oc2cccc(C=C[N+](=O)[O-])c2)cc1. The van der Waals surface area contributed by atoms with Crippen molar-refractivity contribution in [1.29, 1.82) is 0 Å². The highest BCUT2D eigenvalue weighted by molar-refractivity contribution is 5.86. The van der Waals surface area contributed by atoms with E-state index in [1.807, 2.05) is 19.1 Å². The molecule has 6 nitrogen and oxygen atoms in total. The van der Waals surface area contributed by atoms with Gasteiger partial charge in [-0.25, -0.2) is 4.79 Å². The molecule has 0 spiro atoms. The van der Waals surface area contributed by atoms with E-state index in [0.29, 0.717) is 17.0 Å². The van der Waals surface area contributed by atoms with Crippen molar-refractivity contribution in [3.05, 3.63) is 76.0 Å². The number of carbonyl (C=O) groups excluding carboxylic acids is 1. The number of nitro groups is 1. The van der Waals surface area contributed by atoms with Crippen molar-refractivity contribution in [3.8, 4) is 5.75 Å². The van der Waals surface area contributed by atoms with Gasteiger partial charge in [0.05, 0.1) is 4.92 Å². The predicted molar refractivity (Wildman–Crippen MR) is 83.3 cm³/mol. The summed E-state index contributed by atoms with van der Waals surface area (Å²) in [6.07, 6.45) is 1.52. The first-order valence-electron chi connectivity index (χ1n) is 6.50. The van der Waals surface area contributed by atoms with Gasteiger partial charge in [0.15, 0.2) is 0 Å². The molecule has 2 aromatic rings. The molecule has 0 saturated heterocycles. The number of hydrogen-bond acceptors (Lipinski definition) is 4. The molecule has 2 aromatic carbocycles. The average molecular weight is 298 g/mol. The first-order valence-corrected chi connectivity index (χ1v) is 6.50. The lowest BCUT2D eigenvalue weighted by Gasteiger charge is -2.07. The van der Waals surface area contributed by atoms with Crippen LogP contribution in [0.15, 0.2) is 54.7 Å². The second-order valence-electron chi connectivity index (χ2n) is 4.55. The Balaban J connectivity index is 2.00. The van der Waals surface area contributed by atoms with Gasteiger partial charge in [0.1, 0.15) is 5.75 Å². The van der Waals surface area contributed by atoms with Crippen LogP contribution in [0.4, 0.5) is 10.5 Å². The second kappa shape index (κ2) is 7.03. The van der Waals surface area contributed by atoms with Crippen molar-refractivity contribution in [2.75, 3.05) is 5.32 Å². The Labute approximate surface area is 127 Å². The third kappa shape index (κ3) is 4.75. The van der Waals surface area contributed by atoms with Crippen molar-refractivity contribution in [3.63, 3.8) is 0 Å². The molecule has 0 aliphatic carbocycles. The summed E-state index contributed by atoms with van der Waals surface area (Å²) in [5, 5.41) is 12.9. The van der Waals surface area contributed by atoms with Crippen molar-refractivity contribution in [2.24, 2.45) is 0 Å². The number of hydrogen-bond donors (Lipinski definition) is 1. The van der Waals surface area contributed by atoms with Gasteiger partial charge in [0, 0.05) is 11.8 Å². The largest absolute Gasteiger partial charge is 0.417 e. The Morgan fingerprint density at radius 3 is 2.64 bits per heavy atom. The summed E-state index contributed by atoms with van der Waals surface area (Å²) >= 11 is 0. The van der Waals surface area contributed by atoms with E-state index >= 15 is 0 Å². The van der Waals surface area contributed by atoms with E-state index in [1.165, 1.54) is 12.1 Å². The van der Waals surface area contributed by atoms with Crippen LogP contribution in [0.3, 0.4) is 0 Å². The molecule has 0 fully saturated rings. The average Bonchev–Trinajstić information content (AvgIpc) is 2.48. The Hall–Kier alpha value is -3.15. The summed E-state index contributed by atoms with van der Waals surface area (Å²) in [5.41, 5.74) is 2.28. The Morgan fingerprint density at radius 2 is 1.95 bits per heavy atom. The molecule has 0 aromatic heterocycles. The molecule has 0 heterocycles. The molecule has 0 bridgehead atoms. The van der Waals surface area contributed by atoms with E-state index in [0.717, 1.165) is 11.8 Å². The van der Waals surface area contributed by atoms with E-state index in [2.05, 4.69) is 5.32 Å². The first kappa shape index (κ1) is 15.2. The molecule has 0 radical (unpaired) electrons. The maximum absolute atomic E-state index is 11.8. The minimum Gasteiger partial charge on any atom is -0.410 e.